The van der Waals surface area contributed by atoms with E-state index < -0.39 is 0 Å². The molecular weight excluding hydrogens is 316 g/mol. The van der Waals surface area contributed by atoms with Crippen LogP contribution in [-0.4, -0.2) is 38.8 Å². The first-order chi connectivity index (χ1) is 11.6. The number of nitrogens with zero attached hydrogens (tertiary/aromatic N) is 3. The monoisotopic (exact) mass is 342 g/mol. The molecule has 1 N–H and O–H groups in total. The molecule has 2 aromatic heterocycles. The van der Waals surface area contributed by atoms with Crippen LogP contribution in [0.1, 0.15) is 57.4 Å². The smallest absolute Gasteiger partial charge is 0.272 e. The Balaban J connectivity index is 1.90. The maximum atomic E-state index is 13.0. The summed E-state index contributed by atoms with van der Waals surface area (Å²) in [7, 11) is 1.84. The molecule has 0 saturated heterocycles. The van der Waals surface area contributed by atoms with E-state index in [2.05, 4.69) is 42.6 Å². The molecule has 0 radical (unpaired) electrons. The topological polar surface area (TPSA) is 79.0 Å². The van der Waals surface area contributed by atoms with Gasteiger partial charge in [-0.25, -0.2) is 9.97 Å². The van der Waals surface area contributed by atoms with Crippen LogP contribution in [0, 0.1) is 10.8 Å². The van der Waals surface area contributed by atoms with Crippen molar-refractivity contribution in [2.45, 2.75) is 53.0 Å². The Kier molecular flexibility index (Phi) is 4.17. The van der Waals surface area contributed by atoms with Crippen LogP contribution in [0.2, 0.25) is 0 Å². The molecule has 0 spiro atoms. The van der Waals surface area contributed by atoms with E-state index in [0.717, 1.165) is 19.3 Å². The fraction of sp³-hybridized carbons (Fsp3) is 0.579. The molecule has 2 heterocycles. The highest BCUT2D eigenvalue weighted by Crippen LogP contribution is 2.47. The number of pyridine rings is 1. The molecule has 2 aromatic rings. The second-order valence-corrected chi connectivity index (χ2v) is 8.80. The Bertz CT molecular complexity index is 853. The van der Waals surface area contributed by atoms with E-state index in [1.54, 1.807) is 11.0 Å². The Labute approximate surface area is 147 Å². The highest BCUT2D eigenvalue weighted by molar-refractivity contribution is 5.95. The molecule has 134 valence electrons. The number of aromatic nitrogens is 3. The molecule has 0 bridgehead atoms. The third-order valence-electron chi connectivity index (χ3n) is 5.15. The molecule has 3 rings (SSSR count). The van der Waals surface area contributed by atoms with Gasteiger partial charge < -0.3 is 9.88 Å². The molecule has 0 aromatic carbocycles. The van der Waals surface area contributed by atoms with E-state index in [4.69, 9.17) is 0 Å². The third-order valence-corrected chi connectivity index (χ3v) is 5.15. The van der Waals surface area contributed by atoms with Gasteiger partial charge in [0.05, 0.1) is 23.4 Å². The summed E-state index contributed by atoms with van der Waals surface area (Å²) in [6.07, 6.45) is 5.91. The molecule has 1 aliphatic carbocycles. The van der Waals surface area contributed by atoms with Crippen LogP contribution in [0.5, 0.6) is 0 Å². The van der Waals surface area contributed by atoms with Gasteiger partial charge in [0.2, 0.25) is 0 Å². The summed E-state index contributed by atoms with van der Waals surface area (Å²) in [6.45, 7) is 9.05. The van der Waals surface area contributed by atoms with Crippen LogP contribution in [0.25, 0.3) is 10.9 Å². The average Bonchev–Trinajstić information content (AvgIpc) is 2.50. The minimum atomic E-state index is -0.260. The lowest BCUT2D eigenvalue weighted by atomic mass is 9.63. The van der Waals surface area contributed by atoms with Gasteiger partial charge in [-0.3, -0.25) is 9.59 Å². The number of rotatable bonds is 2. The van der Waals surface area contributed by atoms with Gasteiger partial charge in [0.25, 0.3) is 11.5 Å². The van der Waals surface area contributed by atoms with Gasteiger partial charge >= 0.3 is 0 Å². The van der Waals surface area contributed by atoms with Gasteiger partial charge in [0, 0.05) is 13.1 Å². The largest absolute Gasteiger partial charge is 0.337 e. The van der Waals surface area contributed by atoms with Crippen LogP contribution in [0.4, 0.5) is 0 Å². The number of nitrogens with one attached hydrogen (secondary N) is 1. The van der Waals surface area contributed by atoms with Crippen LogP contribution < -0.4 is 5.56 Å². The van der Waals surface area contributed by atoms with E-state index in [9.17, 15) is 9.59 Å². The fourth-order valence-electron chi connectivity index (χ4n) is 4.50. The molecule has 6 nitrogen and oxygen atoms in total. The number of hydrogen-bond acceptors (Lipinski definition) is 4. The normalized spacial score (nSPS) is 19.7. The van der Waals surface area contributed by atoms with Crippen molar-refractivity contribution in [3.05, 3.63) is 34.6 Å². The lowest BCUT2D eigenvalue weighted by molar-refractivity contribution is 0.0299. The van der Waals surface area contributed by atoms with Gasteiger partial charge in [0.15, 0.2) is 0 Å². The summed E-state index contributed by atoms with van der Waals surface area (Å²) in [6, 6.07) is 1.70. The van der Waals surface area contributed by atoms with Crippen molar-refractivity contribution in [3.63, 3.8) is 0 Å². The number of H-pyrrole nitrogens is 1. The molecular formula is C19H26N4O2. The summed E-state index contributed by atoms with van der Waals surface area (Å²) in [5, 5.41) is 0.388. The van der Waals surface area contributed by atoms with Crippen LogP contribution in [0.3, 0.4) is 0 Å². The van der Waals surface area contributed by atoms with Crippen molar-refractivity contribution >= 4 is 16.8 Å². The fourth-order valence-corrected chi connectivity index (χ4v) is 4.50. The van der Waals surface area contributed by atoms with Crippen molar-refractivity contribution in [3.8, 4) is 0 Å². The van der Waals surface area contributed by atoms with Crippen molar-refractivity contribution in [2.24, 2.45) is 10.8 Å². The van der Waals surface area contributed by atoms with E-state index in [1.165, 1.54) is 12.5 Å². The molecule has 25 heavy (non-hydrogen) atoms. The lowest BCUT2D eigenvalue weighted by Crippen LogP contribution is -2.47. The summed E-state index contributed by atoms with van der Waals surface area (Å²) < 4.78 is 0. The number of hydrogen-bond donors (Lipinski definition) is 1. The third kappa shape index (κ3) is 3.57. The zero-order valence-electron chi connectivity index (χ0n) is 15.6. The second-order valence-electron chi connectivity index (χ2n) is 8.80. The maximum absolute atomic E-state index is 13.0. The highest BCUT2D eigenvalue weighted by atomic mass is 16.2. The average molecular weight is 342 g/mol. The Morgan fingerprint density at radius 2 is 1.84 bits per heavy atom. The van der Waals surface area contributed by atoms with Crippen molar-refractivity contribution in [1.82, 2.24) is 19.9 Å². The highest BCUT2D eigenvalue weighted by Gasteiger charge is 2.41. The summed E-state index contributed by atoms with van der Waals surface area (Å²) >= 11 is 0. The van der Waals surface area contributed by atoms with Crippen molar-refractivity contribution in [2.75, 3.05) is 7.05 Å². The predicted octanol–water partition coefficient (Wildman–Crippen LogP) is 3.00. The van der Waals surface area contributed by atoms with Gasteiger partial charge in [-0.2, -0.15) is 0 Å². The first-order valence-corrected chi connectivity index (χ1v) is 8.69. The van der Waals surface area contributed by atoms with Crippen LogP contribution >= 0.6 is 0 Å². The van der Waals surface area contributed by atoms with E-state index in [-0.39, 0.29) is 34.0 Å². The molecule has 1 fully saturated rings. The first-order valence-electron chi connectivity index (χ1n) is 8.69. The quantitative estimate of drug-likeness (QED) is 0.910. The van der Waals surface area contributed by atoms with Gasteiger partial charge in [-0.05, 0) is 36.2 Å². The van der Waals surface area contributed by atoms with E-state index >= 15 is 0 Å². The summed E-state index contributed by atoms with van der Waals surface area (Å²) in [5.74, 6) is -0.149. The van der Waals surface area contributed by atoms with Crippen LogP contribution in [0.15, 0.2) is 23.4 Å². The second kappa shape index (κ2) is 5.93. The molecule has 1 aliphatic rings. The SMILES string of the molecule is CN(C(=O)c1cc2c(=O)[nH]cnc2cn1)C1CC(C)(C)CC(C)(C)C1. The standard InChI is InChI=1S/C19H26N4O2/c1-18(2)7-12(8-19(3,4)10-18)23(5)17(25)14-6-13-15(9-20-14)21-11-22-16(13)24/h6,9,11-12H,7-8,10H2,1-5H3,(H,21,22,24). The van der Waals surface area contributed by atoms with Gasteiger partial charge in [0.1, 0.15) is 5.69 Å². The molecule has 1 saturated carbocycles. The Morgan fingerprint density at radius 3 is 2.48 bits per heavy atom. The predicted molar refractivity (Wildman–Crippen MR) is 97.5 cm³/mol. The molecule has 0 unspecified atom stereocenters. The van der Waals surface area contributed by atoms with Crippen molar-refractivity contribution in [1.29, 1.82) is 0 Å². The zero-order chi connectivity index (χ0) is 18.4. The number of aromatic amines is 1. The van der Waals surface area contributed by atoms with Crippen molar-refractivity contribution < 1.29 is 4.79 Å². The first kappa shape index (κ1) is 17.6. The Hall–Kier alpha value is -2.24. The summed E-state index contributed by atoms with van der Waals surface area (Å²) in [5.41, 5.74) is 0.902. The maximum Gasteiger partial charge on any atom is 0.272 e. The lowest BCUT2D eigenvalue weighted by Gasteiger charge is -2.47. The van der Waals surface area contributed by atoms with Gasteiger partial charge in [-0.1, -0.05) is 27.7 Å². The molecule has 6 heteroatoms. The van der Waals surface area contributed by atoms with E-state index in [1.807, 2.05) is 7.05 Å². The number of fused-ring (bicyclic) bond motifs is 1. The molecule has 1 amide bonds. The van der Waals surface area contributed by atoms with Gasteiger partial charge in [-0.15, -0.1) is 0 Å². The minimum absolute atomic E-state index is 0.149. The summed E-state index contributed by atoms with van der Waals surface area (Å²) in [4.78, 5) is 37.5. The molecule has 0 aliphatic heterocycles. The minimum Gasteiger partial charge on any atom is -0.337 e. The number of carbonyl (C=O) groups excluding carboxylic acids is 1. The number of amides is 1. The van der Waals surface area contributed by atoms with Crippen LogP contribution in [-0.2, 0) is 0 Å². The Morgan fingerprint density at radius 1 is 1.20 bits per heavy atom. The van der Waals surface area contributed by atoms with E-state index in [0.29, 0.717) is 10.9 Å². The zero-order valence-corrected chi connectivity index (χ0v) is 15.6. The molecule has 0 atom stereocenters. The number of carbonyl (C=O) groups is 1.